The predicted octanol–water partition coefficient (Wildman–Crippen LogP) is 5.92. The van der Waals surface area contributed by atoms with E-state index in [1.165, 1.54) is 0 Å². The van der Waals surface area contributed by atoms with Gasteiger partial charge in [-0.3, -0.25) is 9.59 Å². The van der Waals surface area contributed by atoms with E-state index in [0.29, 0.717) is 12.0 Å². The highest BCUT2D eigenvalue weighted by Gasteiger charge is 2.90. The van der Waals surface area contributed by atoms with Crippen LogP contribution in [0.5, 0.6) is 0 Å². The van der Waals surface area contributed by atoms with Gasteiger partial charge in [0.1, 0.15) is 17.8 Å². The lowest BCUT2D eigenvalue weighted by atomic mass is 9.36. The normalized spacial score (nSPS) is 45.1. The largest absolute Gasteiger partial charge is 0.472 e. The van der Waals surface area contributed by atoms with Crippen molar-refractivity contribution in [3.8, 4) is 0 Å². The van der Waals surface area contributed by atoms with Crippen molar-refractivity contribution in [2.45, 2.75) is 77.6 Å². The maximum absolute atomic E-state index is 14.0. The van der Waals surface area contributed by atoms with Crippen LogP contribution in [0.1, 0.15) is 75.7 Å². The smallest absolute Gasteiger partial charge is 0.338 e. The molecule has 204 valence electrons. The quantitative estimate of drug-likeness (QED) is 0.363. The molecule has 4 aliphatic carbocycles. The fourth-order valence-electron chi connectivity index (χ4n) is 10.1. The third-order valence-electron chi connectivity index (χ3n) is 12.0. The number of ether oxygens (including phenoxy) is 2. The van der Waals surface area contributed by atoms with Crippen molar-refractivity contribution in [3.05, 3.63) is 72.2 Å². The number of epoxide rings is 1. The van der Waals surface area contributed by atoms with Gasteiger partial charge < -0.3 is 13.9 Å². The van der Waals surface area contributed by atoms with Gasteiger partial charge in [-0.25, -0.2) is 4.79 Å². The molecule has 0 bridgehead atoms. The predicted molar refractivity (Wildman–Crippen MR) is 143 cm³/mol. The summed E-state index contributed by atoms with van der Waals surface area (Å²) in [5, 5.41) is 0. The summed E-state index contributed by atoms with van der Waals surface area (Å²) >= 11 is 0. The Labute approximate surface area is 229 Å². The van der Waals surface area contributed by atoms with Crippen LogP contribution in [0.4, 0.5) is 0 Å². The Morgan fingerprint density at radius 3 is 2.44 bits per heavy atom. The van der Waals surface area contributed by atoms with Crippen molar-refractivity contribution in [2.75, 3.05) is 0 Å². The fourth-order valence-corrected chi connectivity index (χ4v) is 10.1. The molecule has 7 rings (SSSR count). The number of benzene rings is 1. The Bertz CT molecular complexity index is 1410. The van der Waals surface area contributed by atoms with Crippen LogP contribution < -0.4 is 0 Å². The molecule has 1 spiro atoms. The summed E-state index contributed by atoms with van der Waals surface area (Å²) < 4.78 is 18.5. The maximum atomic E-state index is 14.0. The number of Topliss-reactive ketones (excluding diaryl/α,β-unsaturated/α-hetero) is 1. The van der Waals surface area contributed by atoms with Crippen LogP contribution in [0.2, 0.25) is 0 Å². The van der Waals surface area contributed by atoms with Crippen molar-refractivity contribution >= 4 is 17.5 Å². The molecule has 3 saturated carbocycles. The molecule has 39 heavy (non-hydrogen) atoms. The first-order valence-electron chi connectivity index (χ1n) is 14.2. The van der Waals surface area contributed by atoms with E-state index in [-0.39, 0.29) is 40.7 Å². The number of hydrogen-bond acceptors (Lipinski definition) is 6. The van der Waals surface area contributed by atoms with Gasteiger partial charge in [0.25, 0.3) is 0 Å². The van der Waals surface area contributed by atoms with Gasteiger partial charge in [-0.2, -0.15) is 0 Å². The molecular weight excluding hydrogens is 492 g/mol. The maximum Gasteiger partial charge on any atom is 0.338 e. The van der Waals surface area contributed by atoms with Crippen LogP contribution in [0, 0.1) is 33.5 Å². The number of esters is 1. The molecule has 1 aromatic heterocycles. The van der Waals surface area contributed by atoms with Gasteiger partial charge in [0.05, 0.1) is 24.0 Å². The second-order valence-electron chi connectivity index (χ2n) is 13.8. The minimum atomic E-state index is -0.767. The molecule has 4 fully saturated rings. The third kappa shape index (κ3) is 2.79. The van der Waals surface area contributed by atoms with Crippen molar-refractivity contribution < 1.29 is 28.3 Å². The van der Waals surface area contributed by atoms with Crippen LogP contribution >= 0.6 is 0 Å². The summed E-state index contributed by atoms with van der Waals surface area (Å²) in [6.45, 7) is 10.7. The number of rotatable bonds is 3. The van der Waals surface area contributed by atoms with Gasteiger partial charge in [-0.1, -0.05) is 58.9 Å². The minimum absolute atomic E-state index is 0.0196. The Morgan fingerprint density at radius 2 is 1.74 bits per heavy atom. The SMILES string of the molecule is CC1(C)C(=O)C=C[C@]2(C)[C@H]3CC[C@@]4(C)[C@H](c5ccoc5)C(=O)[C@H]5O[C@]54[C@]3(C)[C@H](OC(=O)c3ccccc3)C[C@@H]12. The lowest BCUT2D eigenvalue weighted by Gasteiger charge is -2.67. The monoisotopic (exact) mass is 528 g/mol. The van der Waals surface area contributed by atoms with E-state index in [1.807, 2.05) is 38.1 Å². The molecule has 0 N–H and O–H groups in total. The number of furan rings is 1. The molecule has 2 aromatic rings. The second kappa shape index (κ2) is 7.60. The first-order valence-corrected chi connectivity index (χ1v) is 14.2. The van der Waals surface area contributed by atoms with Gasteiger partial charge in [0.15, 0.2) is 11.6 Å². The molecule has 5 aliphatic rings. The Kier molecular flexibility index (Phi) is 4.87. The number of fused-ring (bicyclic) bond motifs is 3. The van der Waals surface area contributed by atoms with Crippen molar-refractivity contribution in [1.29, 1.82) is 0 Å². The van der Waals surface area contributed by atoms with Gasteiger partial charge in [0.2, 0.25) is 0 Å². The highest BCUT2D eigenvalue weighted by Crippen LogP contribution is 2.81. The van der Waals surface area contributed by atoms with E-state index in [1.54, 1.807) is 30.7 Å². The van der Waals surface area contributed by atoms with E-state index in [4.69, 9.17) is 13.9 Å². The van der Waals surface area contributed by atoms with E-state index >= 15 is 0 Å². The standard InChI is InChI=1S/C33H36O6/c1-29(2)22-17-24(38-28(36)19-9-7-6-8-10-19)32(5)21(30(22,3)14-12-23(29)34)11-15-31(4)25(20-13-16-37-18-20)26(35)27-33(31,32)39-27/h6-10,12-14,16,18,21-22,24-25,27H,11,15,17H2,1-5H3/t21-,22+,24-,25-,27-,30-,31+,32+,33-/m1/s1. The molecule has 2 heterocycles. The van der Waals surface area contributed by atoms with Crippen LogP contribution in [0.25, 0.3) is 0 Å². The molecular formula is C33H36O6. The molecule has 1 aliphatic heterocycles. The molecule has 1 saturated heterocycles. The molecule has 6 heteroatoms. The summed E-state index contributed by atoms with van der Waals surface area (Å²) in [5.41, 5.74) is -1.42. The zero-order chi connectivity index (χ0) is 27.6. The van der Waals surface area contributed by atoms with E-state index < -0.39 is 34.1 Å². The average Bonchev–Trinajstić information content (AvgIpc) is 3.40. The number of carbonyl (C=O) groups is 3. The molecule has 1 aromatic carbocycles. The van der Waals surface area contributed by atoms with Crippen LogP contribution in [-0.2, 0) is 19.1 Å². The van der Waals surface area contributed by atoms with Crippen LogP contribution in [0.3, 0.4) is 0 Å². The minimum Gasteiger partial charge on any atom is -0.472 e. The van der Waals surface area contributed by atoms with Gasteiger partial charge in [-0.15, -0.1) is 0 Å². The van der Waals surface area contributed by atoms with E-state index in [9.17, 15) is 14.4 Å². The lowest BCUT2D eigenvalue weighted by molar-refractivity contribution is -0.222. The fraction of sp³-hybridized carbons (Fsp3) is 0.545. The molecule has 9 atom stereocenters. The third-order valence-corrected chi connectivity index (χ3v) is 12.0. The number of hydrogen-bond donors (Lipinski definition) is 0. The summed E-state index contributed by atoms with van der Waals surface area (Å²) in [7, 11) is 0. The van der Waals surface area contributed by atoms with E-state index in [2.05, 4.69) is 26.8 Å². The van der Waals surface area contributed by atoms with Crippen molar-refractivity contribution in [1.82, 2.24) is 0 Å². The van der Waals surface area contributed by atoms with Gasteiger partial charge in [0, 0.05) is 21.8 Å². The zero-order valence-corrected chi connectivity index (χ0v) is 23.2. The Balaban J connectivity index is 1.39. The second-order valence-corrected chi connectivity index (χ2v) is 13.8. The molecule has 0 unspecified atom stereocenters. The first-order chi connectivity index (χ1) is 18.4. The molecule has 0 radical (unpaired) electrons. The van der Waals surface area contributed by atoms with Gasteiger partial charge >= 0.3 is 5.97 Å². The topological polar surface area (TPSA) is 86.1 Å². The number of carbonyl (C=O) groups excluding carboxylic acids is 3. The summed E-state index contributed by atoms with van der Waals surface area (Å²) in [6, 6.07) is 10.9. The van der Waals surface area contributed by atoms with E-state index in [0.717, 1.165) is 18.4 Å². The average molecular weight is 529 g/mol. The summed E-state index contributed by atoms with van der Waals surface area (Å²) in [6.07, 6.45) is 8.29. The highest BCUT2D eigenvalue weighted by molar-refractivity contribution is 5.99. The number of ketones is 2. The number of allylic oxidation sites excluding steroid dienone is 2. The van der Waals surface area contributed by atoms with Crippen LogP contribution in [0.15, 0.2) is 65.5 Å². The Hall–Kier alpha value is -2.99. The zero-order valence-electron chi connectivity index (χ0n) is 23.2. The van der Waals surface area contributed by atoms with Crippen LogP contribution in [-0.4, -0.2) is 35.3 Å². The van der Waals surface area contributed by atoms with Crippen molar-refractivity contribution in [3.63, 3.8) is 0 Å². The lowest BCUT2D eigenvalue weighted by Crippen LogP contribution is -2.70. The molecule has 6 nitrogen and oxygen atoms in total. The summed E-state index contributed by atoms with van der Waals surface area (Å²) in [4.78, 5) is 40.7. The summed E-state index contributed by atoms with van der Waals surface area (Å²) in [5.74, 6) is -0.475. The highest BCUT2D eigenvalue weighted by atomic mass is 16.6. The van der Waals surface area contributed by atoms with Gasteiger partial charge in [-0.05, 0) is 60.8 Å². The Morgan fingerprint density at radius 1 is 1.00 bits per heavy atom. The van der Waals surface area contributed by atoms with Crippen molar-refractivity contribution in [2.24, 2.45) is 33.5 Å². The molecule has 0 amide bonds. The first kappa shape index (κ1) is 25.0.